The number of hydrogen-bond donors (Lipinski definition) is 0. The van der Waals surface area contributed by atoms with Crippen LogP contribution in [0, 0.1) is 0 Å². The summed E-state index contributed by atoms with van der Waals surface area (Å²) in [5.41, 5.74) is 1.20. The molecular formula is C14H19BrO3S. The van der Waals surface area contributed by atoms with Gasteiger partial charge in [-0.2, -0.15) is 0 Å². The van der Waals surface area contributed by atoms with Gasteiger partial charge in [-0.25, -0.2) is 8.42 Å². The van der Waals surface area contributed by atoms with Crippen LogP contribution in [0.25, 0.3) is 0 Å². The third-order valence-corrected chi connectivity index (χ3v) is 5.85. The Bertz CT molecular complexity index is 510. The third-order valence-electron chi connectivity index (χ3n) is 3.56. The molecule has 2 rings (SSSR count). The number of benzene rings is 1. The zero-order valence-electron chi connectivity index (χ0n) is 11.0. The zero-order valence-corrected chi connectivity index (χ0v) is 13.4. The number of alkyl halides is 1. The molecule has 2 unspecified atom stereocenters. The number of sulfone groups is 1. The Labute approximate surface area is 123 Å². The highest BCUT2D eigenvalue weighted by Crippen LogP contribution is 2.27. The maximum atomic E-state index is 11.6. The van der Waals surface area contributed by atoms with E-state index >= 15 is 0 Å². The first-order chi connectivity index (χ1) is 8.99. The lowest BCUT2D eigenvalue weighted by Gasteiger charge is -2.28. The van der Waals surface area contributed by atoms with Gasteiger partial charge >= 0.3 is 0 Å². The van der Waals surface area contributed by atoms with E-state index in [1.807, 2.05) is 24.3 Å². The Kier molecular flexibility index (Phi) is 4.90. The summed E-state index contributed by atoms with van der Waals surface area (Å²) in [4.78, 5) is 0. The van der Waals surface area contributed by atoms with Crippen molar-refractivity contribution in [2.45, 2.75) is 42.4 Å². The second-order valence-electron chi connectivity index (χ2n) is 5.14. The van der Waals surface area contributed by atoms with Crippen molar-refractivity contribution in [3.8, 4) is 5.75 Å². The van der Waals surface area contributed by atoms with Gasteiger partial charge in [-0.05, 0) is 37.0 Å². The first-order valence-corrected chi connectivity index (χ1v) is 9.57. The average Bonchev–Trinajstić information content (AvgIpc) is 2.39. The largest absolute Gasteiger partial charge is 0.490 e. The predicted octanol–water partition coefficient (Wildman–Crippen LogP) is 3.32. The van der Waals surface area contributed by atoms with Crippen molar-refractivity contribution in [1.82, 2.24) is 0 Å². The normalized spacial score (nSPS) is 24.1. The molecule has 0 radical (unpaired) electrons. The van der Waals surface area contributed by atoms with E-state index in [9.17, 15) is 8.42 Å². The van der Waals surface area contributed by atoms with Crippen molar-refractivity contribution < 1.29 is 13.2 Å². The van der Waals surface area contributed by atoms with Gasteiger partial charge in [0.1, 0.15) is 15.6 Å². The van der Waals surface area contributed by atoms with Gasteiger partial charge in [0, 0.05) is 18.0 Å². The number of ether oxygens (including phenoxy) is 1. The molecule has 5 heteroatoms. The molecule has 0 amide bonds. The summed E-state index contributed by atoms with van der Waals surface area (Å²) in [6.07, 6.45) is 4.57. The molecule has 1 aliphatic carbocycles. The van der Waals surface area contributed by atoms with Crippen LogP contribution in [-0.2, 0) is 15.2 Å². The van der Waals surface area contributed by atoms with Gasteiger partial charge in [0.05, 0.1) is 11.4 Å². The number of rotatable bonds is 4. The maximum Gasteiger partial charge on any atom is 0.150 e. The fourth-order valence-electron chi connectivity index (χ4n) is 2.45. The van der Waals surface area contributed by atoms with Crippen LogP contribution in [0.15, 0.2) is 24.3 Å². The Morgan fingerprint density at radius 3 is 2.53 bits per heavy atom. The van der Waals surface area contributed by atoms with Crippen molar-refractivity contribution in [1.29, 1.82) is 0 Å². The van der Waals surface area contributed by atoms with Gasteiger partial charge in [0.15, 0.2) is 0 Å². The van der Waals surface area contributed by atoms with Gasteiger partial charge < -0.3 is 4.74 Å². The van der Waals surface area contributed by atoms with Crippen LogP contribution in [0.4, 0.5) is 0 Å². The van der Waals surface area contributed by atoms with E-state index in [4.69, 9.17) is 4.74 Å². The Morgan fingerprint density at radius 1 is 1.26 bits per heavy atom. The van der Waals surface area contributed by atoms with Gasteiger partial charge in [-0.1, -0.05) is 28.1 Å². The Morgan fingerprint density at radius 2 is 1.95 bits per heavy atom. The van der Waals surface area contributed by atoms with E-state index in [-0.39, 0.29) is 11.4 Å². The fraction of sp³-hybridized carbons (Fsp3) is 0.571. The zero-order chi connectivity index (χ0) is 13.9. The minimum Gasteiger partial charge on any atom is -0.490 e. The third kappa shape index (κ3) is 4.21. The van der Waals surface area contributed by atoms with Gasteiger partial charge in [-0.15, -0.1) is 0 Å². The lowest BCUT2D eigenvalue weighted by atomic mass is 9.97. The molecule has 0 spiro atoms. The monoisotopic (exact) mass is 346 g/mol. The molecule has 19 heavy (non-hydrogen) atoms. The predicted molar refractivity (Wildman–Crippen MR) is 80.6 cm³/mol. The Hall–Kier alpha value is -0.550. The molecule has 1 saturated carbocycles. The molecule has 0 aromatic heterocycles. The second-order valence-corrected chi connectivity index (χ2v) is 8.02. The molecule has 0 heterocycles. The van der Waals surface area contributed by atoms with Crippen LogP contribution in [0.1, 0.15) is 31.2 Å². The molecule has 0 aliphatic heterocycles. The molecule has 106 valence electrons. The molecule has 2 atom stereocenters. The van der Waals surface area contributed by atoms with E-state index in [1.165, 1.54) is 11.8 Å². The number of hydrogen-bond acceptors (Lipinski definition) is 3. The van der Waals surface area contributed by atoms with Gasteiger partial charge in [0.25, 0.3) is 0 Å². The van der Waals surface area contributed by atoms with Crippen molar-refractivity contribution >= 4 is 25.8 Å². The topological polar surface area (TPSA) is 43.4 Å². The number of halogens is 1. The van der Waals surface area contributed by atoms with Crippen molar-refractivity contribution in [3.05, 3.63) is 29.8 Å². The molecule has 0 N–H and O–H groups in total. The highest BCUT2D eigenvalue weighted by molar-refractivity contribution is 9.08. The van der Waals surface area contributed by atoms with Crippen LogP contribution in [0.5, 0.6) is 5.75 Å². The van der Waals surface area contributed by atoms with Crippen LogP contribution < -0.4 is 4.74 Å². The van der Waals surface area contributed by atoms with E-state index in [1.54, 1.807) is 0 Å². The highest BCUT2D eigenvalue weighted by Gasteiger charge is 2.29. The molecule has 3 nitrogen and oxygen atoms in total. The summed E-state index contributed by atoms with van der Waals surface area (Å²) < 4.78 is 29.1. The Balaban J connectivity index is 1.98. The summed E-state index contributed by atoms with van der Waals surface area (Å²) in [5, 5.41) is 0.584. The minimum atomic E-state index is -2.95. The van der Waals surface area contributed by atoms with Crippen LogP contribution >= 0.6 is 15.9 Å². The minimum absolute atomic E-state index is 0.0169. The summed E-state index contributed by atoms with van der Waals surface area (Å²) in [6, 6.07) is 7.92. The summed E-state index contributed by atoms with van der Waals surface area (Å²) in [6.45, 7) is 0. The summed E-state index contributed by atoms with van der Waals surface area (Å²) in [5.74, 6) is 0.823. The van der Waals surface area contributed by atoms with E-state index in [2.05, 4.69) is 15.9 Å². The van der Waals surface area contributed by atoms with Crippen LogP contribution in [0.3, 0.4) is 0 Å². The molecule has 1 aromatic rings. The second kappa shape index (κ2) is 6.27. The maximum absolute atomic E-state index is 11.6. The lowest BCUT2D eigenvalue weighted by molar-refractivity contribution is 0.156. The molecule has 1 fully saturated rings. The molecule has 0 bridgehead atoms. The summed E-state index contributed by atoms with van der Waals surface area (Å²) in [7, 11) is -2.95. The fourth-order valence-corrected chi connectivity index (χ4v) is 3.98. The van der Waals surface area contributed by atoms with Crippen molar-refractivity contribution in [2.75, 3.05) is 6.26 Å². The van der Waals surface area contributed by atoms with Gasteiger partial charge in [-0.3, -0.25) is 0 Å². The molecule has 0 saturated heterocycles. The smallest absolute Gasteiger partial charge is 0.150 e. The quantitative estimate of drug-likeness (QED) is 0.785. The molecular weight excluding hydrogens is 328 g/mol. The van der Waals surface area contributed by atoms with Crippen LogP contribution in [-0.4, -0.2) is 26.0 Å². The van der Waals surface area contributed by atoms with E-state index in [0.29, 0.717) is 6.42 Å². The standard InChI is InChI=1S/C14H19BrO3S/c1-19(16,17)14-4-2-3-13(9-14)18-12-7-5-11(10-15)6-8-12/h5-8,13-14H,2-4,9-10H2,1H3. The van der Waals surface area contributed by atoms with Crippen LogP contribution in [0.2, 0.25) is 0 Å². The average molecular weight is 347 g/mol. The summed E-state index contributed by atoms with van der Waals surface area (Å²) >= 11 is 3.40. The molecule has 1 aromatic carbocycles. The van der Waals surface area contributed by atoms with E-state index in [0.717, 1.165) is 30.3 Å². The SMILES string of the molecule is CS(=O)(=O)C1CCCC(Oc2ccc(CBr)cc2)C1. The van der Waals surface area contributed by atoms with Crippen molar-refractivity contribution in [2.24, 2.45) is 0 Å². The van der Waals surface area contributed by atoms with E-state index < -0.39 is 9.84 Å². The first-order valence-electron chi connectivity index (χ1n) is 6.49. The molecule has 1 aliphatic rings. The first kappa shape index (κ1) is 14.9. The highest BCUT2D eigenvalue weighted by atomic mass is 79.9. The lowest BCUT2D eigenvalue weighted by Crippen LogP contribution is -2.33. The van der Waals surface area contributed by atoms with Crippen molar-refractivity contribution in [3.63, 3.8) is 0 Å². The van der Waals surface area contributed by atoms with Gasteiger partial charge in [0.2, 0.25) is 0 Å².